The van der Waals surface area contributed by atoms with Crippen molar-refractivity contribution in [1.29, 1.82) is 0 Å². The number of carbonyl (C=O) groups is 1. The van der Waals surface area contributed by atoms with Crippen LogP contribution in [0.5, 0.6) is 0 Å². The van der Waals surface area contributed by atoms with Gasteiger partial charge in [-0.1, -0.05) is 31.0 Å². The maximum absolute atomic E-state index is 12.7. The second-order valence-electron chi connectivity index (χ2n) is 6.43. The van der Waals surface area contributed by atoms with Crippen LogP contribution in [0.2, 0.25) is 0 Å². The first-order chi connectivity index (χ1) is 11.3. The maximum atomic E-state index is 12.7. The summed E-state index contributed by atoms with van der Waals surface area (Å²) < 4.78 is 0. The van der Waals surface area contributed by atoms with Gasteiger partial charge in [0, 0.05) is 25.0 Å². The number of nitrogens with zero attached hydrogens (tertiary/aromatic N) is 2. The van der Waals surface area contributed by atoms with E-state index in [2.05, 4.69) is 16.4 Å². The van der Waals surface area contributed by atoms with Gasteiger partial charge in [0.2, 0.25) is 0 Å². The van der Waals surface area contributed by atoms with Gasteiger partial charge in [-0.15, -0.1) is 0 Å². The van der Waals surface area contributed by atoms with Crippen molar-refractivity contribution in [3.63, 3.8) is 0 Å². The van der Waals surface area contributed by atoms with Crippen LogP contribution >= 0.6 is 0 Å². The molecule has 2 aliphatic rings. The molecule has 1 aromatic heterocycles. The van der Waals surface area contributed by atoms with E-state index >= 15 is 0 Å². The van der Waals surface area contributed by atoms with Crippen molar-refractivity contribution in [2.45, 2.75) is 25.7 Å². The number of pyridine rings is 1. The van der Waals surface area contributed by atoms with Gasteiger partial charge in [-0.05, 0) is 42.5 Å². The van der Waals surface area contributed by atoms with Crippen LogP contribution in [-0.4, -0.2) is 24.0 Å². The molecule has 23 heavy (non-hydrogen) atoms. The summed E-state index contributed by atoms with van der Waals surface area (Å²) in [5.41, 5.74) is 2.92. The number of benzene rings is 1. The molecule has 4 nitrogen and oxygen atoms in total. The van der Waals surface area contributed by atoms with E-state index in [-0.39, 0.29) is 5.91 Å². The smallest absolute Gasteiger partial charge is 0.259 e. The Morgan fingerprint density at radius 3 is 2.87 bits per heavy atom. The zero-order chi connectivity index (χ0) is 15.6. The van der Waals surface area contributed by atoms with E-state index < -0.39 is 0 Å². The minimum Gasteiger partial charge on any atom is -0.370 e. The summed E-state index contributed by atoms with van der Waals surface area (Å²) in [5.74, 6) is 1.80. The van der Waals surface area contributed by atoms with E-state index in [9.17, 15) is 4.79 Å². The number of carbonyl (C=O) groups excluding carboxylic acids is 1. The minimum atomic E-state index is 0.0342. The highest BCUT2D eigenvalue weighted by Crippen LogP contribution is 2.32. The maximum Gasteiger partial charge on any atom is 0.259 e. The monoisotopic (exact) mass is 307 g/mol. The summed E-state index contributed by atoms with van der Waals surface area (Å²) in [7, 11) is 0. The van der Waals surface area contributed by atoms with Crippen LogP contribution in [0.25, 0.3) is 0 Å². The predicted molar refractivity (Wildman–Crippen MR) is 91.9 cm³/mol. The third-order valence-electron chi connectivity index (χ3n) is 4.70. The molecule has 1 aliphatic carbocycles. The molecule has 1 aliphatic heterocycles. The Kier molecular flexibility index (Phi) is 3.74. The minimum absolute atomic E-state index is 0.0342. The fraction of sp³-hybridized carbons (Fsp3) is 0.368. The van der Waals surface area contributed by atoms with Crippen molar-refractivity contribution in [2.24, 2.45) is 5.92 Å². The standard InChI is InChI=1S/C19H21N3O/c23-19(22-12-10-15-3-1-2-4-17(15)22)16-7-8-18(21-13-16)20-11-9-14-5-6-14/h1-4,7-8,13-14H,5-6,9-12H2,(H,20,21). The van der Waals surface area contributed by atoms with Gasteiger partial charge in [-0.3, -0.25) is 4.79 Å². The largest absolute Gasteiger partial charge is 0.370 e. The Hall–Kier alpha value is -2.36. The van der Waals surface area contributed by atoms with Gasteiger partial charge < -0.3 is 10.2 Å². The van der Waals surface area contributed by atoms with Crippen LogP contribution in [0, 0.1) is 5.92 Å². The van der Waals surface area contributed by atoms with Crippen molar-refractivity contribution in [3.8, 4) is 0 Å². The Morgan fingerprint density at radius 2 is 2.09 bits per heavy atom. The van der Waals surface area contributed by atoms with Crippen LogP contribution < -0.4 is 10.2 Å². The Labute approximate surface area is 136 Å². The van der Waals surface area contributed by atoms with Crippen molar-refractivity contribution < 1.29 is 4.79 Å². The molecule has 2 aromatic rings. The second kappa shape index (κ2) is 6.03. The summed E-state index contributed by atoms with van der Waals surface area (Å²) in [4.78, 5) is 18.9. The average Bonchev–Trinajstić information content (AvgIpc) is 3.32. The molecule has 1 N–H and O–H groups in total. The van der Waals surface area contributed by atoms with E-state index in [0.717, 1.165) is 36.9 Å². The molecule has 118 valence electrons. The molecule has 0 spiro atoms. The SMILES string of the molecule is O=C(c1ccc(NCCC2CC2)nc1)N1CCc2ccccc21. The number of fused-ring (bicyclic) bond motifs is 1. The highest BCUT2D eigenvalue weighted by atomic mass is 16.2. The summed E-state index contributed by atoms with van der Waals surface area (Å²) in [6.45, 7) is 1.71. The molecule has 1 fully saturated rings. The zero-order valence-corrected chi connectivity index (χ0v) is 13.2. The molecular formula is C19H21N3O. The van der Waals surface area contributed by atoms with Crippen LogP contribution in [-0.2, 0) is 6.42 Å². The lowest BCUT2D eigenvalue weighted by Crippen LogP contribution is -2.28. The van der Waals surface area contributed by atoms with E-state index in [0.29, 0.717) is 5.56 Å². The Bertz CT molecular complexity index is 707. The number of aromatic nitrogens is 1. The topological polar surface area (TPSA) is 45.2 Å². The van der Waals surface area contributed by atoms with Crippen LogP contribution in [0.1, 0.15) is 35.2 Å². The number of anilines is 2. The molecule has 0 saturated heterocycles. The van der Waals surface area contributed by atoms with Crippen molar-refractivity contribution in [1.82, 2.24) is 4.98 Å². The van der Waals surface area contributed by atoms with E-state index in [4.69, 9.17) is 0 Å². The zero-order valence-electron chi connectivity index (χ0n) is 13.2. The fourth-order valence-electron chi connectivity index (χ4n) is 3.14. The number of amides is 1. The van der Waals surface area contributed by atoms with E-state index in [1.54, 1.807) is 6.20 Å². The van der Waals surface area contributed by atoms with Crippen LogP contribution in [0.4, 0.5) is 11.5 Å². The highest BCUT2D eigenvalue weighted by molar-refractivity contribution is 6.07. The normalized spacial score (nSPS) is 16.3. The number of hydrogen-bond donors (Lipinski definition) is 1. The summed E-state index contributed by atoms with van der Waals surface area (Å²) in [5, 5.41) is 3.33. The first-order valence-corrected chi connectivity index (χ1v) is 8.41. The molecule has 1 saturated carbocycles. The van der Waals surface area contributed by atoms with E-state index in [1.807, 2.05) is 35.2 Å². The van der Waals surface area contributed by atoms with E-state index in [1.165, 1.54) is 24.8 Å². The lowest BCUT2D eigenvalue weighted by atomic mass is 10.2. The average molecular weight is 307 g/mol. The molecule has 0 radical (unpaired) electrons. The molecule has 2 heterocycles. The summed E-state index contributed by atoms with van der Waals surface area (Å²) in [6.07, 6.45) is 6.57. The highest BCUT2D eigenvalue weighted by Gasteiger charge is 2.25. The number of para-hydroxylation sites is 1. The van der Waals surface area contributed by atoms with Crippen molar-refractivity contribution in [3.05, 3.63) is 53.7 Å². The third kappa shape index (κ3) is 3.07. The molecule has 4 rings (SSSR count). The lowest BCUT2D eigenvalue weighted by molar-refractivity contribution is 0.0989. The van der Waals surface area contributed by atoms with Crippen molar-refractivity contribution in [2.75, 3.05) is 23.3 Å². The summed E-state index contributed by atoms with van der Waals surface area (Å²) in [6, 6.07) is 11.9. The lowest BCUT2D eigenvalue weighted by Gasteiger charge is -2.17. The Balaban J connectivity index is 1.42. The predicted octanol–water partition coefficient (Wildman–Crippen LogP) is 3.50. The van der Waals surface area contributed by atoms with Crippen molar-refractivity contribution >= 4 is 17.4 Å². The molecule has 1 amide bonds. The van der Waals surface area contributed by atoms with Crippen LogP contribution in [0.15, 0.2) is 42.6 Å². The second-order valence-corrected chi connectivity index (χ2v) is 6.43. The molecule has 4 heteroatoms. The molecule has 0 bridgehead atoms. The molecule has 0 atom stereocenters. The molecular weight excluding hydrogens is 286 g/mol. The van der Waals surface area contributed by atoms with Gasteiger partial charge in [0.15, 0.2) is 0 Å². The molecule has 1 aromatic carbocycles. The Morgan fingerprint density at radius 1 is 1.22 bits per heavy atom. The summed E-state index contributed by atoms with van der Waals surface area (Å²) >= 11 is 0. The third-order valence-corrected chi connectivity index (χ3v) is 4.70. The first kappa shape index (κ1) is 14.2. The van der Waals surface area contributed by atoms with Gasteiger partial charge in [-0.2, -0.15) is 0 Å². The first-order valence-electron chi connectivity index (χ1n) is 8.41. The van der Waals surface area contributed by atoms with Crippen LogP contribution in [0.3, 0.4) is 0 Å². The quantitative estimate of drug-likeness (QED) is 0.919. The number of nitrogens with one attached hydrogen (secondary N) is 1. The van der Waals surface area contributed by atoms with Gasteiger partial charge >= 0.3 is 0 Å². The van der Waals surface area contributed by atoms with Gasteiger partial charge in [0.1, 0.15) is 5.82 Å². The fourth-order valence-corrected chi connectivity index (χ4v) is 3.14. The van der Waals surface area contributed by atoms with Gasteiger partial charge in [-0.25, -0.2) is 4.98 Å². The van der Waals surface area contributed by atoms with Gasteiger partial charge in [0.25, 0.3) is 5.91 Å². The molecule has 0 unspecified atom stereocenters. The van der Waals surface area contributed by atoms with Gasteiger partial charge in [0.05, 0.1) is 5.56 Å². The number of rotatable bonds is 5. The number of hydrogen-bond acceptors (Lipinski definition) is 3.